The van der Waals surface area contributed by atoms with E-state index in [4.69, 9.17) is 9.15 Å². The fourth-order valence-corrected chi connectivity index (χ4v) is 4.46. The number of nitrogens with one attached hydrogen (secondary N) is 2. The Kier molecular flexibility index (Phi) is 4.91. The zero-order valence-electron chi connectivity index (χ0n) is 11.5. The van der Waals surface area contributed by atoms with Crippen molar-refractivity contribution >= 4 is 26.0 Å². The summed E-state index contributed by atoms with van der Waals surface area (Å²) in [7, 11) is -3.64. The van der Waals surface area contributed by atoms with E-state index in [1.54, 1.807) is 0 Å². The molecule has 20 heavy (non-hydrogen) atoms. The van der Waals surface area contributed by atoms with Crippen molar-refractivity contribution < 1.29 is 17.6 Å². The number of rotatable bonds is 6. The summed E-state index contributed by atoms with van der Waals surface area (Å²) >= 11 is 3.17. The number of furan rings is 1. The molecule has 1 saturated heterocycles. The Morgan fingerprint density at radius 2 is 2.25 bits per heavy atom. The monoisotopic (exact) mass is 366 g/mol. The molecule has 1 unspecified atom stereocenters. The Balaban J connectivity index is 2.18. The maximum atomic E-state index is 12.4. The second-order valence-corrected chi connectivity index (χ2v) is 7.47. The highest BCUT2D eigenvalue weighted by molar-refractivity contribution is 9.10. The van der Waals surface area contributed by atoms with Crippen LogP contribution in [0.5, 0.6) is 0 Å². The lowest BCUT2D eigenvalue weighted by Crippen LogP contribution is -2.46. The summed E-state index contributed by atoms with van der Waals surface area (Å²) < 4.78 is 38.4. The van der Waals surface area contributed by atoms with Gasteiger partial charge >= 0.3 is 0 Å². The van der Waals surface area contributed by atoms with Crippen molar-refractivity contribution in [1.29, 1.82) is 0 Å². The van der Waals surface area contributed by atoms with Crippen LogP contribution in [-0.4, -0.2) is 33.7 Å². The molecule has 0 spiro atoms. The van der Waals surface area contributed by atoms with Crippen molar-refractivity contribution in [2.75, 3.05) is 19.8 Å². The average molecular weight is 367 g/mol. The molecule has 0 saturated carbocycles. The van der Waals surface area contributed by atoms with E-state index in [9.17, 15) is 8.42 Å². The molecular formula is C12H19BrN2O4S. The van der Waals surface area contributed by atoms with Gasteiger partial charge in [0.05, 0.1) is 18.7 Å². The van der Waals surface area contributed by atoms with E-state index in [1.165, 1.54) is 6.07 Å². The van der Waals surface area contributed by atoms with Crippen LogP contribution < -0.4 is 10.0 Å². The van der Waals surface area contributed by atoms with Crippen LogP contribution in [0.15, 0.2) is 20.0 Å². The molecule has 2 heterocycles. The molecule has 1 aliphatic heterocycles. The van der Waals surface area contributed by atoms with Crippen LogP contribution in [0.2, 0.25) is 0 Å². The van der Waals surface area contributed by atoms with E-state index >= 15 is 0 Å². The molecule has 1 fully saturated rings. The minimum Gasteiger partial charge on any atom is -0.452 e. The number of hydrogen-bond donors (Lipinski definition) is 2. The molecule has 6 nitrogen and oxygen atoms in total. The van der Waals surface area contributed by atoms with E-state index in [-0.39, 0.29) is 9.56 Å². The molecule has 0 radical (unpaired) electrons. The van der Waals surface area contributed by atoms with E-state index in [2.05, 4.69) is 26.0 Å². The summed E-state index contributed by atoms with van der Waals surface area (Å²) in [5, 5.41) is 3.09. The first-order valence-corrected chi connectivity index (χ1v) is 8.74. The van der Waals surface area contributed by atoms with Crippen molar-refractivity contribution in [3.63, 3.8) is 0 Å². The minimum atomic E-state index is -3.64. The molecule has 0 aliphatic carbocycles. The predicted molar refractivity (Wildman–Crippen MR) is 78.0 cm³/mol. The normalized spacial score (nSPS) is 23.4. The van der Waals surface area contributed by atoms with E-state index in [0.717, 1.165) is 6.54 Å². The van der Waals surface area contributed by atoms with Crippen LogP contribution in [-0.2, 0) is 21.3 Å². The van der Waals surface area contributed by atoms with E-state index in [0.29, 0.717) is 31.9 Å². The third-order valence-corrected chi connectivity index (χ3v) is 5.64. The van der Waals surface area contributed by atoms with Gasteiger partial charge in [-0.15, -0.1) is 0 Å². The summed E-state index contributed by atoms with van der Waals surface area (Å²) in [4.78, 5) is 0.124. The lowest BCUT2D eigenvalue weighted by atomic mass is 10.0. The van der Waals surface area contributed by atoms with Gasteiger partial charge in [-0.25, -0.2) is 13.1 Å². The number of sulfonamides is 1. The van der Waals surface area contributed by atoms with Gasteiger partial charge < -0.3 is 14.5 Å². The van der Waals surface area contributed by atoms with Gasteiger partial charge in [-0.3, -0.25) is 0 Å². The topological polar surface area (TPSA) is 80.6 Å². The van der Waals surface area contributed by atoms with Gasteiger partial charge in [0, 0.05) is 12.7 Å². The van der Waals surface area contributed by atoms with Crippen molar-refractivity contribution in [3.05, 3.63) is 16.5 Å². The first-order chi connectivity index (χ1) is 9.36. The standard InChI is InChI=1S/C12H19BrN2O4S/c1-3-14-7-9-6-10(11(13)19-9)20(16,17)15-12(2)4-5-18-8-12/h6,14-15H,3-5,7-8H2,1-2H3. The van der Waals surface area contributed by atoms with Crippen LogP contribution in [0.4, 0.5) is 0 Å². The third-order valence-electron chi connectivity index (χ3n) is 3.14. The Hall–Kier alpha value is -0.410. The highest BCUT2D eigenvalue weighted by atomic mass is 79.9. The number of hydrogen-bond acceptors (Lipinski definition) is 5. The zero-order valence-corrected chi connectivity index (χ0v) is 13.9. The van der Waals surface area contributed by atoms with Gasteiger partial charge in [-0.1, -0.05) is 6.92 Å². The quantitative estimate of drug-likeness (QED) is 0.799. The van der Waals surface area contributed by atoms with Crippen LogP contribution in [0, 0.1) is 0 Å². The van der Waals surface area contributed by atoms with Gasteiger partial charge in [0.25, 0.3) is 0 Å². The molecule has 2 N–H and O–H groups in total. The summed E-state index contributed by atoms with van der Waals surface area (Å²) in [5.41, 5.74) is -0.558. The van der Waals surface area contributed by atoms with Gasteiger partial charge in [0.1, 0.15) is 10.7 Å². The van der Waals surface area contributed by atoms with E-state index < -0.39 is 15.6 Å². The molecule has 1 aromatic heterocycles. The van der Waals surface area contributed by atoms with Gasteiger partial charge in [0.15, 0.2) is 4.67 Å². The molecule has 0 bridgehead atoms. The predicted octanol–water partition coefficient (Wildman–Crippen LogP) is 1.61. The molecule has 2 rings (SSSR count). The largest absolute Gasteiger partial charge is 0.452 e. The third kappa shape index (κ3) is 3.62. The Morgan fingerprint density at radius 3 is 2.85 bits per heavy atom. The van der Waals surface area contributed by atoms with Gasteiger partial charge in [-0.05, 0) is 35.8 Å². The van der Waals surface area contributed by atoms with Crippen molar-refractivity contribution in [3.8, 4) is 0 Å². The average Bonchev–Trinajstić information content (AvgIpc) is 2.93. The summed E-state index contributed by atoms with van der Waals surface area (Å²) in [6.07, 6.45) is 0.659. The van der Waals surface area contributed by atoms with Gasteiger partial charge in [-0.2, -0.15) is 0 Å². The fraction of sp³-hybridized carbons (Fsp3) is 0.667. The molecular weight excluding hydrogens is 348 g/mol. The van der Waals surface area contributed by atoms with Crippen LogP contribution in [0.1, 0.15) is 26.0 Å². The second kappa shape index (κ2) is 6.15. The lowest BCUT2D eigenvalue weighted by molar-refractivity contribution is 0.178. The lowest BCUT2D eigenvalue weighted by Gasteiger charge is -2.22. The smallest absolute Gasteiger partial charge is 0.245 e. The molecule has 8 heteroatoms. The first kappa shape index (κ1) is 16.0. The molecule has 0 aromatic carbocycles. The summed E-state index contributed by atoms with van der Waals surface area (Å²) in [6, 6.07) is 1.54. The zero-order chi connectivity index (χ0) is 14.8. The molecule has 0 amide bonds. The fourth-order valence-electron chi connectivity index (χ4n) is 2.04. The number of halogens is 1. The SMILES string of the molecule is CCNCc1cc(S(=O)(=O)NC2(C)CCOC2)c(Br)o1. The van der Waals surface area contributed by atoms with E-state index in [1.807, 2.05) is 13.8 Å². The van der Waals surface area contributed by atoms with Crippen LogP contribution in [0.3, 0.4) is 0 Å². The summed E-state index contributed by atoms with van der Waals surface area (Å²) in [6.45, 7) is 6.03. The second-order valence-electron chi connectivity index (χ2n) is 5.10. The van der Waals surface area contributed by atoms with Crippen molar-refractivity contribution in [1.82, 2.24) is 10.0 Å². The highest BCUT2D eigenvalue weighted by Gasteiger charge is 2.36. The maximum absolute atomic E-state index is 12.4. The van der Waals surface area contributed by atoms with Crippen molar-refractivity contribution in [2.24, 2.45) is 0 Å². The first-order valence-electron chi connectivity index (χ1n) is 6.47. The van der Waals surface area contributed by atoms with Crippen molar-refractivity contribution in [2.45, 2.75) is 37.2 Å². The Bertz CT molecular complexity index is 564. The maximum Gasteiger partial charge on any atom is 0.245 e. The van der Waals surface area contributed by atoms with Crippen LogP contribution >= 0.6 is 15.9 Å². The minimum absolute atomic E-state index is 0.124. The Labute approximate surface area is 127 Å². The molecule has 1 aliphatic rings. The molecule has 1 aromatic rings. The summed E-state index contributed by atoms with van der Waals surface area (Å²) in [5.74, 6) is 0.576. The Morgan fingerprint density at radius 1 is 1.50 bits per heavy atom. The van der Waals surface area contributed by atoms with Gasteiger partial charge in [0.2, 0.25) is 10.0 Å². The number of ether oxygens (including phenoxy) is 1. The van der Waals surface area contributed by atoms with Crippen LogP contribution in [0.25, 0.3) is 0 Å². The molecule has 114 valence electrons. The highest BCUT2D eigenvalue weighted by Crippen LogP contribution is 2.28. The molecule has 1 atom stereocenters.